The highest BCUT2D eigenvalue weighted by molar-refractivity contribution is 7.99. The summed E-state index contributed by atoms with van der Waals surface area (Å²) in [7, 11) is 0. The predicted molar refractivity (Wildman–Crippen MR) is 94.0 cm³/mol. The molecule has 0 unspecified atom stereocenters. The van der Waals surface area contributed by atoms with Gasteiger partial charge in [-0.1, -0.05) is 29.4 Å². The third-order valence-corrected chi connectivity index (χ3v) is 4.99. The highest BCUT2D eigenvalue weighted by Gasteiger charge is 2.30. The summed E-state index contributed by atoms with van der Waals surface area (Å²) in [6.07, 6.45) is 2.39. The SMILES string of the molecule is NC(=O)[C@H]1CCCCN1C(=O)CSc1nnc(-c2cccc(Cl)c2)o1. The normalized spacial score (nSPS) is 17.5. The third kappa shape index (κ3) is 4.32. The van der Waals surface area contributed by atoms with Crippen molar-refractivity contribution in [1.82, 2.24) is 15.1 Å². The van der Waals surface area contributed by atoms with Crippen molar-refractivity contribution in [3.8, 4) is 11.5 Å². The van der Waals surface area contributed by atoms with Gasteiger partial charge >= 0.3 is 0 Å². The maximum absolute atomic E-state index is 12.4. The van der Waals surface area contributed by atoms with Crippen molar-refractivity contribution in [2.24, 2.45) is 5.73 Å². The Bertz CT molecular complexity index is 782. The summed E-state index contributed by atoms with van der Waals surface area (Å²) >= 11 is 7.09. The quantitative estimate of drug-likeness (QED) is 0.799. The number of piperidine rings is 1. The first-order valence-corrected chi connectivity index (χ1v) is 9.22. The lowest BCUT2D eigenvalue weighted by Gasteiger charge is -2.33. The van der Waals surface area contributed by atoms with E-state index in [0.29, 0.717) is 29.4 Å². The van der Waals surface area contributed by atoms with Crippen LogP contribution in [0.25, 0.3) is 11.5 Å². The van der Waals surface area contributed by atoms with Crippen LogP contribution in [0.4, 0.5) is 0 Å². The van der Waals surface area contributed by atoms with E-state index in [-0.39, 0.29) is 16.9 Å². The first kappa shape index (κ1) is 17.8. The van der Waals surface area contributed by atoms with E-state index >= 15 is 0 Å². The van der Waals surface area contributed by atoms with Gasteiger partial charge in [-0.3, -0.25) is 9.59 Å². The topological polar surface area (TPSA) is 102 Å². The van der Waals surface area contributed by atoms with Gasteiger partial charge in [-0.05, 0) is 37.5 Å². The van der Waals surface area contributed by atoms with Gasteiger partial charge in [0, 0.05) is 17.1 Å². The summed E-state index contributed by atoms with van der Waals surface area (Å²) in [5, 5.41) is 8.76. The number of halogens is 1. The molecule has 0 radical (unpaired) electrons. The Hall–Kier alpha value is -2.06. The van der Waals surface area contributed by atoms with E-state index in [1.807, 2.05) is 6.07 Å². The minimum atomic E-state index is -0.522. The number of thioether (sulfide) groups is 1. The van der Waals surface area contributed by atoms with E-state index in [1.165, 1.54) is 0 Å². The van der Waals surface area contributed by atoms with Gasteiger partial charge in [0.2, 0.25) is 17.7 Å². The van der Waals surface area contributed by atoms with Gasteiger partial charge in [0.25, 0.3) is 5.22 Å². The van der Waals surface area contributed by atoms with E-state index in [2.05, 4.69) is 10.2 Å². The monoisotopic (exact) mass is 380 g/mol. The molecule has 1 aromatic heterocycles. The van der Waals surface area contributed by atoms with Crippen LogP contribution in [0, 0.1) is 0 Å². The Kier molecular flexibility index (Phi) is 5.60. The third-order valence-electron chi connectivity index (χ3n) is 3.95. The Morgan fingerprint density at radius 1 is 1.36 bits per heavy atom. The average Bonchev–Trinajstić information content (AvgIpc) is 3.08. The molecule has 2 N–H and O–H groups in total. The number of hydrogen-bond donors (Lipinski definition) is 1. The summed E-state index contributed by atoms with van der Waals surface area (Å²) in [5.41, 5.74) is 6.10. The lowest BCUT2D eigenvalue weighted by Crippen LogP contribution is -2.51. The van der Waals surface area contributed by atoms with Crippen molar-refractivity contribution in [2.45, 2.75) is 30.5 Å². The van der Waals surface area contributed by atoms with Crippen LogP contribution in [0.1, 0.15) is 19.3 Å². The number of hydrogen-bond acceptors (Lipinski definition) is 6. The van der Waals surface area contributed by atoms with E-state index in [0.717, 1.165) is 24.6 Å². The fourth-order valence-corrected chi connectivity index (χ4v) is 3.58. The summed E-state index contributed by atoms with van der Waals surface area (Å²) < 4.78 is 5.56. The predicted octanol–water partition coefficient (Wildman–Crippen LogP) is 2.35. The summed E-state index contributed by atoms with van der Waals surface area (Å²) in [5.74, 6) is -0.165. The number of nitrogens with zero attached hydrogens (tertiary/aromatic N) is 3. The van der Waals surface area contributed by atoms with Crippen molar-refractivity contribution in [3.05, 3.63) is 29.3 Å². The first-order chi connectivity index (χ1) is 12.0. The lowest BCUT2D eigenvalue weighted by molar-refractivity contribution is -0.138. The Balaban J connectivity index is 1.62. The van der Waals surface area contributed by atoms with Crippen molar-refractivity contribution in [3.63, 3.8) is 0 Å². The van der Waals surface area contributed by atoms with Crippen LogP contribution < -0.4 is 5.73 Å². The number of primary amides is 1. The maximum Gasteiger partial charge on any atom is 0.277 e. The average molecular weight is 381 g/mol. The molecule has 1 saturated heterocycles. The Labute approximate surface area is 153 Å². The number of carbonyl (C=O) groups is 2. The van der Waals surface area contributed by atoms with E-state index in [9.17, 15) is 9.59 Å². The highest BCUT2D eigenvalue weighted by atomic mass is 35.5. The summed E-state index contributed by atoms with van der Waals surface area (Å²) in [6, 6.07) is 6.55. The number of rotatable bonds is 5. The molecule has 1 atom stereocenters. The van der Waals surface area contributed by atoms with Gasteiger partial charge < -0.3 is 15.1 Å². The fraction of sp³-hybridized carbons (Fsp3) is 0.375. The molecule has 7 nitrogen and oxygen atoms in total. The molecule has 2 heterocycles. The molecule has 25 heavy (non-hydrogen) atoms. The minimum Gasteiger partial charge on any atom is -0.411 e. The molecule has 0 aliphatic carbocycles. The largest absolute Gasteiger partial charge is 0.411 e. The summed E-state index contributed by atoms with van der Waals surface area (Å²) in [6.45, 7) is 0.546. The number of benzene rings is 1. The fourth-order valence-electron chi connectivity index (χ4n) is 2.74. The molecule has 0 saturated carbocycles. The second-order valence-electron chi connectivity index (χ2n) is 5.67. The van der Waals surface area contributed by atoms with Crippen LogP contribution in [0.5, 0.6) is 0 Å². The van der Waals surface area contributed by atoms with Crippen LogP contribution >= 0.6 is 23.4 Å². The van der Waals surface area contributed by atoms with E-state index in [4.69, 9.17) is 21.8 Å². The molecule has 9 heteroatoms. The number of likely N-dealkylation sites (tertiary alicyclic amines) is 1. The van der Waals surface area contributed by atoms with Gasteiger partial charge in [0.15, 0.2) is 0 Å². The number of nitrogens with two attached hydrogens (primary N) is 1. The van der Waals surface area contributed by atoms with Crippen molar-refractivity contribution in [2.75, 3.05) is 12.3 Å². The highest BCUT2D eigenvalue weighted by Crippen LogP contribution is 2.26. The first-order valence-electron chi connectivity index (χ1n) is 7.85. The molecule has 132 valence electrons. The van der Waals surface area contributed by atoms with Crippen LogP contribution in [0.15, 0.2) is 33.9 Å². The smallest absolute Gasteiger partial charge is 0.277 e. The summed E-state index contributed by atoms with van der Waals surface area (Å²) in [4.78, 5) is 25.4. The van der Waals surface area contributed by atoms with E-state index < -0.39 is 11.9 Å². The van der Waals surface area contributed by atoms with Crippen LogP contribution in [0.3, 0.4) is 0 Å². The Morgan fingerprint density at radius 3 is 2.96 bits per heavy atom. The zero-order chi connectivity index (χ0) is 17.8. The van der Waals surface area contributed by atoms with Crippen LogP contribution in [0.2, 0.25) is 5.02 Å². The van der Waals surface area contributed by atoms with Crippen molar-refractivity contribution >= 4 is 35.2 Å². The molecule has 1 aromatic carbocycles. The maximum atomic E-state index is 12.4. The second kappa shape index (κ2) is 7.88. The molecule has 1 fully saturated rings. The van der Waals surface area contributed by atoms with Gasteiger partial charge in [0.05, 0.1) is 5.75 Å². The minimum absolute atomic E-state index is 0.112. The zero-order valence-electron chi connectivity index (χ0n) is 13.4. The Morgan fingerprint density at radius 2 is 2.20 bits per heavy atom. The van der Waals surface area contributed by atoms with Gasteiger partial charge in [-0.25, -0.2) is 0 Å². The molecule has 0 bridgehead atoms. The van der Waals surface area contributed by atoms with Crippen LogP contribution in [-0.2, 0) is 9.59 Å². The number of amides is 2. The van der Waals surface area contributed by atoms with Gasteiger partial charge in [-0.2, -0.15) is 0 Å². The lowest BCUT2D eigenvalue weighted by atomic mass is 10.0. The molecular weight excluding hydrogens is 364 g/mol. The molecule has 2 amide bonds. The van der Waals surface area contributed by atoms with Crippen molar-refractivity contribution < 1.29 is 14.0 Å². The van der Waals surface area contributed by atoms with Crippen LogP contribution in [-0.4, -0.2) is 45.3 Å². The molecular formula is C16H17ClN4O3S. The van der Waals surface area contributed by atoms with Crippen molar-refractivity contribution in [1.29, 1.82) is 0 Å². The van der Waals surface area contributed by atoms with E-state index in [1.54, 1.807) is 23.1 Å². The number of aromatic nitrogens is 2. The molecule has 1 aliphatic heterocycles. The number of carbonyl (C=O) groups excluding carboxylic acids is 2. The zero-order valence-corrected chi connectivity index (χ0v) is 14.9. The molecule has 3 rings (SSSR count). The van der Waals surface area contributed by atoms with Gasteiger partial charge in [0.1, 0.15) is 6.04 Å². The second-order valence-corrected chi connectivity index (χ2v) is 7.04. The standard InChI is InChI=1S/C16H17ClN4O3S/c17-11-5-3-4-10(8-11)15-19-20-16(24-15)25-9-13(22)21-7-2-1-6-12(21)14(18)23/h3-5,8,12H,1-2,6-7,9H2,(H2,18,23)/t12-/m1/s1. The molecule has 1 aliphatic rings. The van der Waals surface area contributed by atoms with Gasteiger partial charge in [-0.15, -0.1) is 10.2 Å². The molecule has 0 spiro atoms. The molecule has 2 aromatic rings.